The monoisotopic (exact) mass is 347 g/mol. The molecule has 2 N–H and O–H groups in total. The Morgan fingerprint density at radius 1 is 1.47 bits per heavy atom. The van der Waals surface area contributed by atoms with E-state index in [0.717, 1.165) is 0 Å². The van der Waals surface area contributed by atoms with Crippen molar-refractivity contribution in [3.8, 4) is 0 Å². The van der Waals surface area contributed by atoms with Crippen molar-refractivity contribution in [1.82, 2.24) is 9.88 Å². The highest BCUT2D eigenvalue weighted by Crippen LogP contribution is 2.18. The molecule has 8 heteroatoms. The van der Waals surface area contributed by atoms with Gasteiger partial charge in [-0.15, -0.1) is 0 Å². The summed E-state index contributed by atoms with van der Waals surface area (Å²) in [5.74, 6) is -0.220. The first-order valence-corrected chi connectivity index (χ1v) is 8.19. The van der Waals surface area contributed by atoms with Crippen molar-refractivity contribution in [2.75, 3.05) is 13.1 Å². The number of carbonyl (C=O) groups excluding carboxylic acids is 1. The van der Waals surface area contributed by atoms with Gasteiger partial charge in [0.15, 0.2) is 0 Å². The van der Waals surface area contributed by atoms with E-state index in [4.69, 9.17) is 5.14 Å². The third-order valence-corrected chi connectivity index (χ3v) is 4.83. The Kier molecular flexibility index (Phi) is 4.22. The maximum atomic E-state index is 12.3. The summed E-state index contributed by atoms with van der Waals surface area (Å²) in [6.07, 6.45) is 4.18. The molecule has 1 aromatic heterocycles. The van der Waals surface area contributed by atoms with Crippen LogP contribution in [-0.2, 0) is 10.0 Å². The minimum Gasteiger partial charge on any atom is -0.337 e. The molecular weight excluding hydrogens is 334 g/mol. The van der Waals surface area contributed by atoms with E-state index in [-0.39, 0.29) is 12.5 Å². The van der Waals surface area contributed by atoms with Crippen LogP contribution in [0, 0.1) is 0 Å². The second kappa shape index (κ2) is 5.56. The van der Waals surface area contributed by atoms with Crippen molar-refractivity contribution in [3.05, 3.63) is 28.5 Å². The normalized spacial score (nSPS) is 20.3. The highest BCUT2D eigenvalue weighted by Gasteiger charge is 2.30. The molecule has 0 radical (unpaired) electrons. The Labute approximate surface area is 120 Å². The average molecular weight is 348 g/mol. The molecule has 1 fully saturated rings. The molecular formula is C11H14BrN3O3S. The van der Waals surface area contributed by atoms with Crippen LogP contribution in [0.15, 0.2) is 22.9 Å². The molecule has 0 spiro atoms. The fourth-order valence-corrected chi connectivity index (χ4v) is 3.35. The van der Waals surface area contributed by atoms with Gasteiger partial charge in [-0.1, -0.05) is 0 Å². The van der Waals surface area contributed by atoms with E-state index < -0.39 is 15.3 Å². The maximum absolute atomic E-state index is 12.3. The van der Waals surface area contributed by atoms with Crippen LogP contribution in [-0.4, -0.2) is 42.5 Å². The van der Waals surface area contributed by atoms with Crippen LogP contribution >= 0.6 is 15.9 Å². The number of amides is 1. The van der Waals surface area contributed by atoms with Gasteiger partial charge in [0.05, 0.1) is 10.8 Å². The molecule has 0 bridgehead atoms. The van der Waals surface area contributed by atoms with Crippen LogP contribution in [0.4, 0.5) is 0 Å². The van der Waals surface area contributed by atoms with Crippen molar-refractivity contribution >= 4 is 31.9 Å². The van der Waals surface area contributed by atoms with E-state index >= 15 is 0 Å². The molecule has 0 saturated carbocycles. The number of carbonyl (C=O) groups is 1. The maximum Gasteiger partial charge on any atom is 0.255 e. The zero-order chi connectivity index (χ0) is 14.0. The van der Waals surface area contributed by atoms with Crippen molar-refractivity contribution in [3.63, 3.8) is 0 Å². The summed E-state index contributed by atoms with van der Waals surface area (Å²) >= 11 is 3.25. The third-order valence-electron chi connectivity index (χ3n) is 3.08. The van der Waals surface area contributed by atoms with Gasteiger partial charge in [0.2, 0.25) is 10.0 Å². The number of primary sulfonamides is 1. The Morgan fingerprint density at radius 3 is 2.84 bits per heavy atom. The lowest BCUT2D eigenvalue weighted by molar-refractivity contribution is 0.0726. The molecule has 1 saturated heterocycles. The lowest BCUT2D eigenvalue weighted by atomic mass is 10.1. The second-order valence-corrected chi connectivity index (χ2v) is 7.26. The smallest absolute Gasteiger partial charge is 0.255 e. The van der Waals surface area contributed by atoms with Gasteiger partial charge in [-0.25, -0.2) is 13.6 Å². The molecule has 1 aromatic rings. The molecule has 1 aliphatic heterocycles. The number of hydrogen-bond acceptors (Lipinski definition) is 4. The number of halogens is 1. The van der Waals surface area contributed by atoms with Gasteiger partial charge in [-0.3, -0.25) is 9.78 Å². The summed E-state index contributed by atoms with van der Waals surface area (Å²) in [6, 6.07) is 1.66. The number of nitrogens with two attached hydrogens (primary N) is 1. The first kappa shape index (κ1) is 14.4. The first-order chi connectivity index (χ1) is 8.88. The summed E-state index contributed by atoms with van der Waals surface area (Å²) in [5.41, 5.74) is 0.435. The number of hydrogen-bond donors (Lipinski definition) is 1. The van der Waals surface area contributed by atoms with E-state index in [9.17, 15) is 13.2 Å². The average Bonchev–Trinajstić information content (AvgIpc) is 2.37. The molecule has 2 heterocycles. The quantitative estimate of drug-likeness (QED) is 0.853. The van der Waals surface area contributed by atoms with Gasteiger partial charge in [0, 0.05) is 30.0 Å². The molecule has 104 valence electrons. The molecule has 2 rings (SSSR count). The van der Waals surface area contributed by atoms with E-state index in [1.54, 1.807) is 12.3 Å². The van der Waals surface area contributed by atoms with E-state index in [2.05, 4.69) is 20.9 Å². The fraction of sp³-hybridized carbons (Fsp3) is 0.455. The molecule has 0 aromatic carbocycles. The SMILES string of the molecule is NS(=O)(=O)C1CCCN(C(=O)c2cncc(Br)c2)C1. The summed E-state index contributed by atoms with van der Waals surface area (Å²) in [4.78, 5) is 17.7. The molecule has 1 amide bonds. The van der Waals surface area contributed by atoms with Crippen molar-refractivity contribution in [2.45, 2.75) is 18.1 Å². The Hall–Kier alpha value is -0.990. The van der Waals surface area contributed by atoms with Crippen LogP contribution in [0.1, 0.15) is 23.2 Å². The van der Waals surface area contributed by atoms with Gasteiger partial charge >= 0.3 is 0 Å². The van der Waals surface area contributed by atoms with E-state index in [1.807, 2.05) is 0 Å². The number of piperidine rings is 1. The molecule has 6 nitrogen and oxygen atoms in total. The predicted octanol–water partition coefficient (Wildman–Crippen LogP) is 0.737. The summed E-state index contributed by atoms with van der Waals surface area (Å²) in [5, 5.41) is 4.47. The van der Waals surface area contributed by atoms with Gasteiger partial charge in [-0.2, -0.15) is 0 Å². The van der Waals surface area contributed by atoms with Crippen molar-refractivity contribution in [2.24, 2.45) is 5.14 Å². The summed E-state index contributed by atoms with van der Waals surface area (Å²) in [6.45, 7) is 0.682. The van der Waals surface area contributed by atoms with Crippen LogP contribution < -0.4 is 5.14 Å². The molecule has 1 unspecified atom stereocenters. The number of sulfonamides is 1. The van der Waals surface area contributed by atoms with Gasteiger partial charge < -0.3 is 4.90 Å². The predicted molar refractivity (Wildman–Crippen MR) is 74.0 cm³/mol. The minimum absolute atomic E-state index is 0.143. The second-order valence-electron chi connectivity index (χ2n) is 4.50. The van der Waals surface area contributed by atoms with Crippen LogP contribution in [0.3, 0.4) is 0 Å². The minimum atomic E-state index is -3.60. The zero-order valence-corrected chi connectivity index (χ0v) is 12.5. The Morgan fingerprint density at radius 2 is 2.21 bits per heavy atom. The highest BCUT2D eigenvalue weighted by atomic mass is 79.9. The largest absolute Gasteiger partial charge is 0.337 e. The fourth-order valence-electron chi connectivity index (χ4n) is 2.10. The van der Waals surface area contributed by atoms with Crippen LogP contribution in [0.5, 0.6) is 0 Å². The summed E-state index contributed by atoms with van der Waals surface area (Å²) < 4.78 is 23.4. The van der Waals surface area contributed by atoms with Gasteiger partial charge in [0.1, 0.15) is 0 Å². The van der Waals surface area contributed by atoms with Gasteiger partial charge in [0.25, 0.3) is 5.91 Å². The number of pyridine rings is 1. The first-order valence-electron chi connectivity index (χ1n) is 5.79. The number of aromatic nitrogens is 1. The number of likely N-dealkylation sites (tertiary alicyclic amines) is 1. The van der Waals surface area contributed by atoms with Crippen molar-refractivity contribution in [1.29, 1.82) is 0 Å². The number of rotatable bonds is 2. The standard InChI is InChI=1S/C11H14BrN3O3S/c12-9-4-8(5-14-6-9)11(16)15-3-1-2-10(7-15)19(13,17)18/h4-6,10H,1-3,7H2,(H2,13,17,18). The lowest BCUT2D eigenvalue weighted by Crippen LogP contribution is -2.47. The Bertz CT molecular complexity index is 591. The number of nitrogens with zero attached hydrogens (tertiary/aromatic N) is 2. The van der Waals surface area contributed by atoms with Crippen molar-refractivity contribution < 1.29 is 13.2 Å². The molecule has 19 heavy (non-hydrogen) atoms. The molecule has 1 atom stereocenters. The van der Waals surface area contributed by atoms with E-state index in [0.29, 0.717) is 29.4 Å². The van der Waals surface area contributed by atoms with Crippen LogP contribution in [0.25, 0.3) is 0 Å². The highest BCUT2D eigenvalue weighted by molar-refractivity contribution is 9.10. The topological polar surface area (TPSA) is 93.4 Å². The zero-order valence-electron chi connectivity index (χ0n) is 10.1. The summed E-state index contributed by atoms with van der Waals surface area (Å²) in [7, 11) is -3.60. The lowest BCUT2D eigenvalue weighted by Gasteiger charge is -2.31. The van der Waals surface area contributed by atoms with Gasteiger partial charge in [-0.05, 0) is 34.8 Å². The Balaban J connectivity index is 2.16. The van der Waals surface area contributed by atoms with E-state index in [1.165, 1.54) is 11.1 Å². The third kappa shape index (κ3) is 3.52. The molecule has 0 aliphatic carbocycles. The molecule has 1 aliphatic rings. The van der Waals surface area contributed by atoms with Crippen LogP contribution in [0.2, 0.25) is 0 Å².